The number of aliphatic carboxylic acids is 2. The third-order valence-corrected chi connectivity index (χ3v) is 4.76. The van der Waals surface area contributed by atoms with Crippen molar-refractivity contribution in [3.63, 3.8) is 0 Å². The highest BCUT2D eigenvalue weighted by molar-refractivity contribution is 5.97. The molecule has 1 aromatic carbocycles. The molecule has 0 aliphatic heterocycles. The molecule has 0 unspecified atom stereocenters. The van der Waals surface area contributed by atoms with E-state index < -0.39 is 36.5 Å². The van der Waals surface area contributed by atoms with Crippen LogP contribution >= 0.6 is 0 Å². The van der Waals surface area contributed by atoms with E-state index in [1.807, 2.05) is 0 Å². The first-order valence-corrected chi connectivity index (χ1v) is 9.84. The van der Waals surface area contributed by atoms with Crippen molar-refractivity contribution < 1.29 is 29.0 Å². The number of benzene rings is 1. The lowest BCUT2D eigenvalue weighted by molar-refractivity contribution is -0.145. The van der Waals surface area contributed by atoms with E-state index in [4.69, 9.17) is 21.7 Å². The Morgan fingerprint density at radius 2 is 1.85 bits per heavy atom. The molecule has 0 saturated carbocycles. The second kappa shape index (κ2) is 9.89. The highest BCUT2D eigenvalue weighted by Gasteiger charge is 2.28. The van der Waals surface area contributed by atoms with Crippen molar-refractivity contribution in [3.8, 4) is 0 Å². The van der Waals surface area contributed by atoms with E-state index in [1.165, 1.54) is 18.3 Å². The summed E-state index contributed by atoms with van der Waals surface area (Å²) in [5.74, 6) is -4.04. The molecule has 8 N–H and O–H groups in total. The highest BCUT2D eigenvalue weighted by atomic mass is 19.1. The lowest BCUT2D eigenvalue weighted by Crippen LogP contribution is -2.43. The van der Waals surface area contributed by atoms with Gasteiger partial charge in [-0.15, -0.1) is 0 Å². The number of carbonyl (C=O) groups is 3. The lowest BCUT2D eigenvalue weighted by Gasteiger charge is -2.16. The van der Waals surface area contributed by atoms with Gasteiger partial charge in [0.2, 0.25) is 5.95 Å². The minimum absolute atomic E-state index is 0.00833. The quantitative estimate of drug-likeness (QED) is 0.251. The molecule has 2 aromatic heterocycles. The predicted molar refractivity (Wildman–Crippen MR) is 118 cm³/mol. The van der Waals surface area contributed by atoms with Gasteiger partial charge in [0.1, 0.15) is 6.04 Å². The van der Waals surface area contributed by atoms with Crippen LogP contribution < -0.4 is 22.1 Å². The Hall–Kier alpha value is -4.62. The number of nitrogens with two attached hydrogens (primary N) is 2. The van der Waals surface area contributed by atoms with Crippen molar-refractivity contribution >= 4 is 46.5 Å². The van der Waals surface area contributed by atoms with E-state index in [1.54, 1.807) is 13.0 Å². The first-order chi connectivity index (χ1) is 16.0. The van der Waals surface area contributed by atoms with Gasteiger partial charge in [-0.05, 0) is 30.7 Å². The van der Waals surface area contributed by atoms with Crippen molar-refractivity contribution in [1.82, 2.24) is 25.3 Å². The predicted octanol–water partition coefficient (Wildman–Crippen LogP) is 0.501. The van der Waals surface area contributed by atoms with Crippen LogP contribution in [0.25, 0.3) is 11.2 Å². The van der Waals surface area contributed by atoms with Crippen molar-refractivity contribution in [1.29, 1.82) is 0 Å². The molecule has 2 heterocycles. The molecular weight excluding hydrogens is 451 g/mol. The first kappa shape index (κ1) is 24.0. The molecule has 0 saturated heterocycles. The van der Waals surface area contributed by atoms with E-state index in [-0.39, 0.29) is 29.5 Å². The zero-order valence-corrected chi connectivity index (χ0v) is 17.8. The average Bonchev–Trinajstić information content (AvgIpc) is 2.77. The fourth-order valence-corrected chi connectivity index (χ4v) is 3.03. The molecule has 34 heavy (non-hydrogen) atoms. The lowest BCUT2D eigenvalue weighted by atomic mass is 10.1. The van der Waals surface area contributed by atoms with Crippen LogP contribution in [0, 0.1) is 6.92 Å². The highest BCUT2D eigenvalue weighted by Crippen LogP contribution is 2.19. The molecule has 3 rings (SSSR count). The normalized spacial score (nSPS) is 12.6. The van der Waals surface area contributed by atoms with Gasteiger partial charge >= 0.3 is 11.9 Å². The first-order valence-electron chi connectivity index (χ1n) is 9.84. The number of hydrogen-bond acceptors (Lipinski definition) is 10. The zero-order valence-electron chi connectivity index (χ0n) is 17.8. The van der Waals surface area contributed by atoms with Crippen molar-refractivity contribution in [2.75, 3.05) is 16.8 Å². The number of aryl methyl sites for hydroxylation is 1. The SMILES string of the molecule is Cc1cc(C(=O)N[C@@H](C[C@@H](F)C(=O)O)C(=O)O)ccc1NCc1cnc2nc(N)nc(N)c2n1. The van der Waals surface area contributed by atoms with E-state index in [0.717, 1.165) is 0 Å². The van der Waals surface area contributed by atoms with Crippen LogP contribution in [0.3, 0.4) is 0 Å². The maximum atomic E-state index is 13.4. The third-order valence-electron chi connectivity index (χ3n) is 4.76. The number of anilines is 3. The van der Waals surface area contributed by atoms with Crippen LogP contribution in [0.5, 0.6) is 0 Å². The standard InChI is InChI=1S/C20H21FN8O5/c1-8-4-9(17(30)27-13(19(33)34)5-11(21)18(31)32)2-3-12(8)24-6-10-7-25-16-14(26-10)15(22)28-20(23)29-16/h2-4,7,11,13,24H,5-6H2,1H3,(H,27,30)(H,31,32)(H,33,34)(H4,22,23,25,28,29)/t11-,13+/m1/s1. The monoisotopic (exact) mass is 472 g/mol. The Labute approximate surface area is 191 Å². The fraction of sp³-hybridized carbons (Fsp3) is 0.250. The molecule has 0 radical (unpaired) electrons. The maximum absolute atomic E-state index is 13.4. The smallest absolute Gasteiger partial charge is 0.338 e. The Balaban J connectivity index is 1.68. The number of amides is 1. The largest absolute Gasteiger partial charge is 0.480 e. The molecular formula is C20H21FN8O5. The van der Waals surface area contributed by atoms with Crippen molar-refractivity contribution in [3.05, 3.63) is 41.2 Å². The minimum Gasteiger partial charge on any atom is -0.480 e. The molecule has 2 atom stereocenters. The summed E-state index contributed by atoms with van der Waals surface area (Å²) in [5.41, 5.74) is 13.9. The van der Waals surface area contributed by atoms with Gasteiger partial charge in [0.25, 0.3) is 5.91 Å². The van der Waals surface area contributed by atoms with Crippen molar-refractivity contribution in [2.45, 2.75) is 32.1 Å². The number of nitrogens with one attached hydrogen (secondary N) is 2. The van der Waals surface area contributed by atoms with Gasteiger partial charge in [-0.25, -0.2) is 23.9 Å². The summed E-state index contributed by atoms with van der Waals surface area (Å²) < 4.78 is 13.4. The molecule has 178 valence electrons. The van der Waals surface area contributed by atoms with Gasteiger partial charge in [-0.2, -0.15) is 9.97 Å². The summed E-state index contributed by atoms with van der Waals surface area (Å²) >= 11 is 0. The number of aromatic nitrogens is 4. The minimum atomic E-state index is -2.42. The number of rotatable bonds is 9. The van der Waals surface area contributed by atoms with Gasteiger partial charge in [0.05, 0.1) is 18.4 Å². The van der Waals surface area contributed by atoms with E-state index in [9.17, 15) is 18.8 Å². The van der Waals surface area contributed by atoms with Crippen LogP contribution in [-0.2, 0) is 16.1 Å². The number of nitrogens with zero attached hydrogens (tertiary/aromatic N) is 4. The van der Waals surface area contributed by atoms with Crippen LogP contribution in [0.2, 0.25) is 0 Å². The number of fused-ring (bicyclic) bond motifs is 1. The van der Waals surface area contributed by atoms with Gasteiger partial charge in [-0.3, -0.25) is 4.79 Å². The van der Waals surface area contributed by atoms with Crippen LogP contribution in [-0.4, -0.2) is 60.2 Å². The van der Waals surface area contributed by atoms with Crippen LogP contribution in [0.15, 0.2) is 24.4 Å². The molecule has 0 bridgehead atoms. The number of carboxylic acid groups (broad SMARTS) is 2. The summed E-state index contributed by atoms with van der Waals surface area (Å²) in [4.78, 5) is 50.7. The molecule has 0 spiro atoms. The summed E-state index contributed by atoms with van der Waals surface area (Å²) in [6, 6.07) is 2.84. The molecule has 0 aliphatic carbocycles. The number of hydrogen-bond donors (Lipinski definition) is 6. The molecule has 0 aliphatic rings. The Morgan fingerprint density at radius 1 is 1.12 bits per heavy atom. The van der Waals surface area contributed by atoms with E-state index in [2.05, 4.69) is 30.6 Å². The van der Waals surface area contributed by atoms with Gasteiger partial charge < -0.3 is 32.3 Å². The maximum Gasteiger partial charge on any atom is 0.338 e. The summed E-state index contributed by atoms with van der Waals surface area (Å²) in [6.07, 6.45) is -1.82. The number of nitrogen functional groups attached to an aromatic ring is 2. The second-order valence-electron chi connectivity index (χ2n) is 7.29. The summed E-state index contributed by atoms with van der Waals surface area (Å²) in [7, 11) is 0. The Bertz CT molecular complexity index is 1270. The zero-order chi connectivity index (χ0) is 25.0. The fourth-order valence-electron chi connectivity index (χ4n) is 3.03. The molecule has 13 nitrogen and oxygen atoms in total. The summed E-state index contributed by atoms with van der Waals surface area (Å²) in [5, 5.41) is 23.1. The Kier molecular flexibility index (Phi) is 6.99. The van der Waals surface area contributed by atoms with Gasteiger partial charge in [-0.1, -0.05) is 0 Å². The molecule has 3 aromatic rings. The molecule has 0 fully saturated rings. The topological polar surface area (TPSA) is 219 Å². The number of carboxylic acids is 2. The second-order valence-corrected chi connectivity index (χ2v) is 7.29. The third kappa shape index (κ3) is 5.59. The Morgan fingerprint density at radius 3 is 2.50 bits per heavy atom. The summed E-state index contributed by atoms with van der Waals surface area (Å²) in [6.45, 7) is 1.98. The number of alkyl halides is 1. The average molecular weight is 472 g/mol. The van der Waals surface area contributed by atoms with Crippen LogP contribution in [0.4, 0.5) is 21.8 Å². The van der Waals surface area contributed by atoms with Gasteiger partial charge in [0.15, 0.2) is 23.2 Å². The number of carbonyl (C=O) groups excluding carboxylic acids is 1. The van der Waals surface area contributed by atoms with E-state index in [0.29, 0.717) is 22.5 Å². The van der Waals surface area contributed by atoms with Gasteiger partial charge in [0, 0.05) is 17.7 Å². The molecule has 1 amide bonds. The van der Waals surface area contributed by atoms with E-state index >= 15 is 0 Å². The number of halogens is 1. The van der Waals surface area contributed by atoms with Crippen molar-refractivity contribution in [2.24, 2.45) is 0 Å². The molecule has 14 heteroatoms. The van der Waals surface area contributed by atoms with Crippen LogP contribution in [0.1, 0.15) is 28.0 Å².